The summed E-state index contributed by atoms with van der Waals surface area (Å²) in [7, 11) is 0. The minimum Gasteiger partial charge on any atom is -0.322 e. The molecule has 0 aliphatic rings. The van der Waals surface area contributed by atoms with Gasteiger partial charge in [0.05, 0.1) is 18.0 Å². The number of benzene rings is 1. The summed E-state index contributed by atoms with van der Waals surface area (Å²) in [6.07, 6.45) is 2.74. The molecule has 1 amide bonds. The number of hydrogen-bond donors (Lipinski definition) is 2. The first-order valence-electron chi connectivity index (χ1n) is 6.04. The van der Waals surface area contributed by atoms with Crippen LogP contribution in [0.1, 0.15) is 10.4 Å². The van der Waals surface area contributed by atoms with E-state index in [-0.39, 0.29) is 22.1 Å². The molecule has 21 heavy (non-hydrogen) atoms. The van der Waals surface area contributed by atoms with Gasteiger partial charge in [0, 0.05) is 17.0 Å². The molecule has 0 spiro atoms. The number of fused-ring (bicyclic) bond motifs is 1. The first-order valence-corrected chi connectivity index (χ1v) is 6.42. The maximum Gasteiger partial charge on any atom is 0.257 e. The maximum absolute atomic E-state index is 12.3. The van der Waals surface area contributed by atoms with Crippen molar-refractivity contribution < 1.29 is 4.79 Å². The number of anilines is 1. The Labute approximate surface area is 123 Å². The van der Waals surface area contributed by atoms with Crippen molar-refractivity contribution in [3.8, 4) is 0 Å². The van der Waals surface area contributed by atoms with Crippen LogP contribution >= 0.6 is 11.6 Å². The number of H-pyrrole nitrogens is 1. The number of carbonyl (C=O) groups is 1. The molecule has 2 N–H and O–H groups in total. The number of rotatable bonds is 2. The van der Waals surface area contributed by atoms with Gasteiger partial charge in [-0.05, 0) is 6.07 Å². The topological polar surface area (TPSA) is 87.7 Å². The molecule has 0 aliphatic heterocycles. The van der Waals surface area contributed by atoms with E-state index in [9.17, 15) is 9.59 Å². The van der Waals surface area contributed by atoms with Crippen LogP contribution in [0.4, 0.5) is 5.82 Å². The number of aromatic amines is 1. The van der Waals surface area contributed by atoms with Gasteiger partial charge in [0.2, 0.25) is 5.56 Å². The van der Waals surface area contributed by atoms with Crippen LogP contribution in [0.15, 0.2) is 47.5 Å². The SMILES string of the molecule is O=C(Nc1cncc(Cl)n1)c1cc(=O)[nH]c2ccccc12. The van der Waals surface area contributed by atoms with E-state index in [4.69, 9.17) is 11.6 Å². The Morgan fingerprint density at radius 2 is 2.05 bits per heavy atom. The summed E-state index contributed by atoms with van der Waals surface area (Å²) < 4.78 is 0. The monoisotopic (exact) mass is 300 g/mol. The molecule has 104 valence electrons. The molecule has 0 saturated heterocycles. The Balaban J connectivity index is 2.04. The lowest BCUT2D eigenvalue weighted by molar-refractivity contribution is 0.102. The van der Waals surface area contributed by atoms with Crippen molar-refractivity contribution in [3.05, 3.63) is 63.8 Å². The Hall–Kier alpha value is -2.73. The van der Waals surface area contributed by atoms with Crippen molar-refractivity contribution >= 4 is 34.2 Å². The number of carbonyl (C=O) groups excluding carboxylic acids is 1. The van der Waals surface area contributed by atoms with Crippen molar-refractivity contribution in [2.45, 2.75) is 0 Å². The standard InChI is InChI=1S/C14H9ClN4O2/c15-11-6-16-7-12(18-11)19-14(21)9-5-13(20)17-10-4-2-1-3-8(9)10/h1-7H,(H,17,20)(H,18,19,21). The molecule has 0 radical (unpaired) electrons. The lowest BCUT2D eigenvalue weighted by Gasteiger charge is -2.07. The zero-order valence-corrected chi connectivity index (χ0v) is 11.4. The highest BCUT2D eigenvalue weighted by molar-refractivity contribution is 6.29. The Morgan fingerprint density at radius 1 is 1.24 bits per heavy atom. The molecule has 0 bridgehead atoms. The second-order valence-electron chi connectivity index (χ2n) is 4.27. The number of para-hydroxylation sites is 1. The van der Waals surface area contributed by atoms with Crippen LogP contribution in [0.2, 0.25) is 5.15 Å². The molecular formula is C14H9ClN4O2. The Bertz CT molecular complexity index is 891. The molecular weight excluding hydrogens is 292 g/mol. The third kappa shape index (κ3) is 2.75. The molecule has 3 rings (SSSR count). The minimum absolute atomic E-state index is 0.170. The van der Waals surface area contributed by atoms with Gasteiger partial charge in [-0.25, -0.2) is 4.98 Å². The fraction of sp³-hybridized carbons (Fsp3) is 0. The number of aromatic nitrogens is 3. The van der Waals surface area contributed by atoms with Crippen molar-refractivity contribution in [2.24, 2.45) is 0 Å². The summed E-state index contributed by atoms with van der Waals surface area (Å²) in [5.74, 6) is -0.231. The average molecular weight is 301 g/mol. The summed E-state index contributed by atoms with van der Waals surface area (Å²) >= 11 is 5.71. The number of pyridine rings is 1. The minimum atomic E-state index is -0.450. The van der Waals surface area contributed by atoms with E-state index in [0.29, 0.717) is 10.9 Å². The summed E-state index contributed by atoms with van der Waals surface area (Å²) in [6.45, 7) is 0. The van der Waals surface area contributed by atoms with Crippen molar-refractivity contribution in [1.29, 1.82) is 0 Å². The average Bonchev–Trinajstić information content (AvgIpc) is 2.46. The lowest BCUT2D eigenvalue weighted by Crippen LogP contribution is -2.17. The highest BCUT2D eigenvalue weighted by Gasteiger charge is 2.12. The third-order valence-electron chi connectivity index (χ3n) is 2.84. The highest BCUT2D eigenvalue weighted by Crippen LogP contribution is 2.16. The van der Waals surface area contributed by atoms with E-state index in [1.165, 1.54) is 18.5 Å². The fourth-order valence-corrected chi connectivity index (χ4v) is 2.13. The van der Waals surface area contributed by atoms with Crippen LogP contribution in [-0.4, -0.2) is 20.9 Å². The van der Waals surface area contributed by atoms with Crippen molar-refractivity contribution in [2.75, 3.05) is 5.32 Å². The van der Waals surface area contributed by atoms with Crippen LogP contribution < -0.4 is 10.9 Å². The molecule has 0 fully saturated rings. The van der Waals surface area contributed by atoms with Crippen molar-refractivity contribution in [1.82, 2.24) is 15.0 Å². The molecule has 7 heteroatoms. The fourth-order valence-electron chi connectivity index (χ4n) is 1.98. The molecule has 6 nitrogen and oxygen atoms in total. The molecule has 0 unspecified atom stereocenters. The van der Waals surface area contributed by atoms with E-state index in [1.807, 2.05) is 0 Å². The number of hydrogen-bond acceptors (Lipinski definition) is 4. The van der Waals surface area contributed by atoms with E-state index >= 15 is 0 Å². The number of amides is 1. The van der Waals surface area contributed by atoms with Crippen LogP contribution in [0.5, 0.6) is 0 Å². The van der Waals surface area contributed by atoms with Gasteiger partial charge in [-0.2, -0.15) is 0 Å². The zero-order valence-electron chi connectivity index (χ0n) is 10.6. The van der Waals surface area contributed by atoms with Gasteiger partial charge < -0.3 is 10.3 Å². The van der Waals surface area contributed by atoms with Gasteiger partial charge in [0.1, 0.15) is 5.15 Å². The molecule has 0 atom stereocenters. The first-order chi connectivity index (χ1) is 10.1. The first kappa shape index (κ1) is 13.3. The summed E-state index contributed by atoms with van der Waals surface area (Å²) in [5.41, 5.74) is 0.500. The van der Waals surface area contributed by atoms with Gasteiger partial charge in [0.15, 0.2) is 5.82 Å². The van der Waals surface area contributed by atoms with Crippen LogP contribution in [0.3, 0.4) is 0 Å². The van der Waals surface area contributed by atoms with Gasteiger partial charge in [-0.3, -0.25) is 14.6 Å². The summed E-state index contributed by atoms with van der Waals surface area (Å²) in [6, 6.07) is 8.30. The summed E-state index contributed by atoms with van der Waals surface area (Å²) in [5, 5.41) is 3.38. The molecule has 0 aliphatic carbocycles. The second-order valence-corrected chi connectivity index (χ2v) is 4.66. The van der Waals surface area contributed by atoms with Crippen LogP contribution in [0, 0.1) is 0 Å². The number of nitrogens with one attached hydrogen (secondary N) is 2. The predicted molar refractivity (Wildman–Crippen MR) is 79.6 cm³/mol. The smallest absolute Gasteiger partial charge is 0.257 e. The molecule has 0 saturated carbocycles. The van der Waals surface area contributed by atoms with Gasteiger partial charge in [-0.1, -0.05) is 29.8 Å². The molecule has 2 aromatic heterocycles. The van der Waals surface area contributed by atoms with Crippen LogP contribution in [-0.2, 0) is 0 Å². The lowest BCUT2D eigenvalue weighted by atomic mass is 10.1. The molecule has 1 aromatic carbocycles. The quantitative estimate of drug-likeness (QED) is 0.759. The zero-order chi connectivity index (χ0) is 14.8. The number of nitrogens with zero attached hydrogens (tertiary/aromatic N) is 2. The third-order valence-corrected chi connectivity index (χ3v) is 3.02. The Kier molecular flexibility index (Phi) is 3.37. The van der Waals surface area contributed by atoms with Crippen LogP contribution in [0.25, 0.3) is 10.9 Å². The van der Waals surface area contributed by atoms with Crippen molar-refractivity contribution in [3.63, 3.8) is 0 Å². The molecule has 2 heterocycles. The van der Waals surface area contributed by atoms with Gasteiger partial charge in [0.25, 0.3) is 5.91 Å². The van der Waals surface area contributed by atoms with Gasteiger partial charge in [-0.15, -0.1) is 0 Å². The van der Waals surface area contributed by atoms with Gasteiger partial charge >= 0.3 is 0 Å². The highest BCUT2D eigenvalue weighted by atomic mass is 35.5. The Morgan fingerprint density at radius 3 is 2.86 bits per heavy atom. The maximum atomic E-state index is 12.3. The van der Waals surface area contributed by atoms with E-state index in [1.54, 1.807) is 24.3 Å². The number of halogens is 1. The molecule has 3 aromatic rings. The van der Waals surface area contributed by atoms with E-state index in [2.05, 4.69) is 20.3 Å². The normalized spacial score (nSPS) is 10.5. The van der Waals surface area contributed by atoms with E-state index in [0.717, 1.165) is 0 Å². The predicted octanol–water partition coefficient (Wildman–Crippen LogP) is 2.22. The van der Waals surface area contributed by atoms with E-state index < -0.39 is 5.91 Å². The second kappa shape index (κ2) is 5.34. The largest absolute Gasteiger partial charge is 0.322 e. The summed E-state index contributed by atoms with van der Waals surface area (Å²) in [4.78, 5) is 34.4.